The quantitative estimate of drug-likeness (QED) is 0.540. The second-order valence-corrected chi connectivity index (χ2v) is 5.33. The molecular weight excluding hydrogens is 260 g/mol. The molecule has 0 aliphatic carbocycles. The van der Waals surface area contributed by atoms with Gasteiger partial charge in [-0.2, -0.15) is 0 Å². The molecule has 0 N–H and O–H groups in total. The Labute approximate surface area is 119 Å². The van der Waals surface area contributed by atoms with E-state index in [1.165, 1.54) is 4.90 Å². The molecule has 0 radical (unpaired) electrons. The van der Waals surface area contributed by atoms with Crippen molar-refractivity contribution in [2.24, 2.45) is 5.92 Å². The van der Waals surface area contributed by atoms with Crippen LogP contribution in [0.2, 0.25) is 0 Å². The number of carbonyl (C=O) groups excluding carboxylic acids is 3. The molecule has 2 aliphatic heterocycles. The lowest BCUT2D eigenvalue weighted by atomic mass is 9.98. The van der Waals surface area contributed by atoms with E-state index in [1.54, 1.807) is 0 Å². The third-order valence-electron chi connectivity index (χ3n) is 3.92. The fraction of sp³-hybridized carbons (Fsp3) is 0.786. The Morgan fingerprint density at radius 3 is 2.60 bits per heavy atom. The molecule has 0 aromatic heterocycles. The number of nitrogens with zero attached hydrogens (tertiary/aromatic N) is 2. The first-order valence-corrected chi connectivity index (χ1v) is 7.34. The van der Waals surface area contributed by atoms with E-state index in [4.69, 9.17) is 4.74 Å². The summed E-state index contributed by atoms with van der Waals surface area (Å²) in [5.74, 6) is -0.359. The van der Waals surface area contributed by atoms with Gasteiger partial charge >= 0.3 is 5.97 Å². The van der Waals surface area contributed by atoms with Crippen molar-refractivity contribution in [3.8, 4) is 0 Å². The van der Waals surface area contributed by atoms with E-state index in [-0.39, 0.29) is 23.7 Å². The van der Waals surface area contributed by atoms with Gasteiger partial charge in [0.15, 0.2) is 0 Å². The molecule has 0 bridgehead atoms. The van der Waals surface area contributed by atoms with Crippen molar-refractivity contribution in [3.63, 3.8) is 0 Å². The fourth-order valence-corrected chi connectivity index (χ4v) is 2.82. The molecule has 112 valence electrons. The standard InChI is InChI=1S/C14H22N2O4/c1-2-20-14(19)11-4-3-7-15(10-11)8-9-16-12(17)5-6-13(16)18/h11H,2-10H2,1H3/t11-/m0/s1. The molecule has 0 aromatic rings. The van der Waals surface area contributed by atoms with Gasteiger partial charge in [0.05, 0.1) is 12.5 Å². The van der Waals surface area contributed by atoms with Crippen molar-refractivity contribution in [1.82, 2.24) is 9.80 Å². The number of ether oxygens (including phenoxy) is 1. The zero-order valence-corrected chi connectivity index (χ0v) is 12.0. The first kappa shape index (κ1) is 15.0. The molecule has 6 heteroatoms. The molecule has 2 fully saturated rings. The van der Waals surface area contributed by atoms with Gasteiger partial charge in [-0.15, -0.1) is 0 Å². The van der Waals surface area contributed by atoms with Gasteiger partial charge in [0.25, 0.3) is 0 Å². The molecule has 20 heavy (non-hydrogen) atoms. The van der Waals surface area contributed by atoms with Crippen molar-refractivity contribution < 1.29 is 19.1 Å². The van der Waals surface area contributed by atoms with Crippen LogP contribution in [0.4, 0.5) is 0 Å². The monoisotopic (exact) mass is 282 g/mol. The molecule has 2 amide bonds. The summed E-state index contributed by atoms with van der Waals surface area (Å²) in [4.78, 5) is 38.3. The van der Waals surface area contributed by atoms with Crippen LogP contribution in [-0.2, 0) is 19.1 Å². The third-order valence-corrected chi connectivity index (χ3v) is 3.92. The van der Waals surface area contributed by atoms with Crippen LogP contribution < -0.4 is 0 Å². The number of amides is 2. The maximum atomic E-state index is 11.7. The second kappa shape index (κ2) is 6.83. The normalized spacial score (nSPS) is 24.2. The van der Waals surface area contributed by atoms with Crippen molar-refractivity contribution in [3.05, 3.63) is 0 Å². The molecule has 0 aromatic carbocycles. The number of likely N-dealkylation sites (tertiary alicyclic amines) is 2. The minimum atomic E-state index is -0.134. The highest BCUT2D eigenvalue weighted by Gasteiger charge is 2.31. The topological polar surface area (TPSA) is 66.9 Å². The van der Waals surface area contributed by atoms with Crippen LogP contribution in [0.25, 0.3) is 0 Å². The molecular formula is C14H22N2O4. The zero-order valence-electron chi connectivity index (χ0n) is 12.0. The Balaban J connectivity index is 1.79. The largest absolute Gasteiger partial charge is 0.466 e. The predicted molar refractivity (Wildman–Crippen MR) is 71.8 cm³/mol. The Bertz CT molecular complexity index is 381. The number of rotatable bonds is 5. The summed E-state index contributed by atoms with van der Waals surface area (Å²) < 4.78 is 5.06. The maximum Gasteiger partial charge on any atom is 0.310 e. The van der Waals surface area contributed by atoms with Crippen LogP contribution in [0.15, 0.2) is 0 Å². The van der Waals surface area contributed by atoms with Crippen molar-refractivity contribution >= 4 is 17.8 Å². The molecule has 0 spiro atoms. The van der Waals surface area contributed by atoms with Crippen LogP contribution in [0, 0.1) is 5.92 Å². The van der Waals surface area contributed by atoms with Crippen LogP contribution in [-0.4, -0.2) is 60.4 Å². The first-order valence-electron chi connectivity index (χ1n) is 7.34. The van der Waals surface area contributed by atoms with E-state index in [1.807, 2.05) is 6.92 Å². The molecule has 0 unspecified atom stereocenters. The minimum Gasteiger partial charge on any atom is -0.466 e. The summed E-state index contributed by atoms with van der Waals surface area (Å²) >= 11 is 0. The van der Waals surface area contributed by atoms with Gasteiger partial charge in [-0.05, 0) is 26.3 Å². The SMILES string of the molecule is CCOC(=O)[C@H]1CCCN(CCN2C(=O)CCC2=O)C1. The van der Waals surface area contributed by atoms with Crippen LogP contribution in [0.3, 0.4) is 0 Å². The summed E-state index contributed by atoms with van der Waals surface area (Å²) in [5, 5.41) is 0. The van der Waals surface area contributed by atoms with Gasteiger partial charge in [-0.1, -0.05) is 0 Å². The molecule has 2 rings (SSSR count). The van der Waals surface area contributed by atoms with Gasteiger partial charge < -0.3 is 9.64 Å². The molecule has 2 aliphatic rings. The summed E-state index contributed by atoms with van der Waals surface area (Å²) in [6, 6.07) is 0. The summed E-state index contributed by atoms with van der Waals surface area (Å²) in [6.45, 7) is 4.87. The van der Waals surface area contributed by atoms with Gasteiger partial charge in [0, 0.05) is 32.5 Å². The fourth-order valence-electron chi connectivity index (χ4n) is 2.82. The van der Waals surface area contributed by atoms with Crippen LogP contribution in [0.5, 0.6) is 0 Å². The highest BCUT2D eigenvalue weighted by molar-refractivity contribution is 6.01. The van der Waals surface area contributed by atoms with Crippen LogP contribution in [0.1, 0.15) is 32.6 Å². The number of imide groups is 1. The summed E-state index contributed by atoms with van der Waals surface area (Å²) in [6.07, 6.45) is 2.48. The lowest BCUT2D eigenvalue weighted by molar-refractivity contribution is -0.150. The number of hydrogen-bond donors (Lipinski definition) is 0. The van der Waals surface area contributed by atoms with E-state index < -0.39 is 0 Å². The minimum absolute atomic E-state index is 0.0750. The van der Waals surface area contributed by atoms with Crippen molar-refractivity contribution in [2.75, 3.05) is 32.8 Å². The van der Waals surface area contributed by atoms with Gasteiger partial charge in [-0.25, -0.2) is 0 Å². The van der Waals surface area contributed by atoms with E-state index in [0.29, 0.717) is 39.1 Å². The smallest absolute Gasteiger partial charge is 0.310 e. The van der Waals surface area contributed by atoms with Gasteiger partial charge in [-0.3, -0.25) is 19.3 Å². The molecule has 6 nitrogen and oxygen atoms in total. The molecule has 2 saturated heterocycles. The summed E-state index contributed by atoms with van der Waals surface area (Å²) in [7, 11) is 0. The average molecular weight is 282 g/mol. The highest BCUT2D eigenvalue weighted by Crippen LogP contribution is 2.18. The maximum absolute atomic E-state index is 11.7. The lowest BCUT2D eigenvalue weighted by Crippen LogP contribution is -2.44. The molecule has 0 saturated carbocycles. The van der Waals surface area contributed by atoms with Gasteiger partial charge in [0.2, 0.25) is 11.8 Å². The zero-order chi connectivity index (χ0) is 14.5. The van der Waals surface area contributed by atoms with E-state index in [9.17, 15) is 14.4 Å². The lowest BCUT2D eigenvalue weighted by Gasteiger charge is -2.32. The predicted octanol–water partition coefficient (Wildman–Crippen LogP) is 0.410. The Morgan fingerprint density at radius 2 is 1.95 bits per heavy atom. The number of esters is 1. The average Bonchev–Trinajstić information content (AvgIpc) is 2.76. The van der Waals surface area contributed by atoms with E-state index in [0.717, 1.165) is 19.4 Å². The van der Waals surface area contributed by atoms with E-state index >= 15 is 0 Å². The van der Waals surface area contributed by atoms with Crippen molar-refractivity contribution in [2.45, 2.75) is 32.6 Å². The number of piperidine rings is 1. The van der Waals surface area contributed by atoms with Crippen molar-refractivity contribution in [1.29, 1.82) is 0 Å². The number of hydrogen-bond acceptors (Lipinski definition) is 5. The Kier molecular flexibility index (Phi) is 5.11. The summed E-state index contributed by atoms with van der Waals surface area (Å²) in [5.41, 5.74) is 0. The highest BCUT2D eigenvalue weighted by atomic mass is 16.5. The molecule has 2 heterocycles. The number of carbonyl (C=O) groups is 3. The molecule has 1 atom stereocenters. The van der Waals surface area contributed by atoms with Gasteiger partial charge in [0.1, 0.15) is 0 Å². The Morgan fingerprint density at radius 1 is 1.25 bits per heavy atom. The van der Waals surface area contributed by atoms with E-state index in [2.05, 4.69) is 4.90 Å². The van der Waals surface area contributed by atoms with Crippen LogP contribution >= 0.6 is 0 Å². The second-order valence-electron chi connectivity index (χ2n) is 5.33. The Hall–Kier alpha value is -1.43. The first-order chi connectivity index (χ1) is 9.61. The third kappa shape index (κ3) is 3.56.